The third-order valence-electron chi connectivity index (χ3n) is 3.97. The summed E-state index contributed by atoms with van der Waals surface area (Å²) >= 11 is 0. The SMILES string of the molecule is Cc1cccc(NC(N)=NCc2nccn2CCc2ccccc2)c1. The van der Waals surface area contributed by atoms with Gasteiger partial charge >= 0.3 is 0 Å². The van der Waals surface area contributed by atoms with E-state index in [0.29, 0.717) is 12.5 Å². The van der Waals surface area contributed by atoms with Crippen molar-refractivity contribution in [3.8, 4) is 0 Å². The normalized spacial score (nSPS) is 11.5. The van der Waals surface area contributed by atoms with Crippen LogP contribution in [-0.2, 0) is 19.5 Å². The first-order valence-corrected chi connectivity index (χ1v) is 8.38. The van der Waals surface area contributed by atoms with Crippen LogP contribution in [0.5, 0.6) is 0 Å². The number of nitrogens with one attached hydrogen (secondary N) is 1. The summed E-state index contributed by atoms with van der Waals surface area (Å²) < 4.78 is 2.12. The second-order valence-corrected chi connectivity index (χ2v) is 5.97. The van der Waals surface area contributed by atoms with Crippen molar-refractivity contribution in [1.29, 1.82) is 0 Å². The Labute approximate surface area is 148 Å². The Kier molecular flexibility index (Phi) is 5.46. The number of nitrogens with zero attached hydrogens (tertiary/aromatic N) is 3. The molecule has 0 atom stereocenters. The first-order valence-electron chi connectivity index (χ1n) is 8.38. The van der Waals surface area contributed by atoms with Crippen molar-refractivity contribution in [1.82, 2.24) is 9.55 Å². The average molecular weight is 333 g/mol. The third kappa shape index (κ3) is 4.94. The maximum Gasteiger partial charge on any atom is 0.193 e. The van der Waals surface area contributed by atoms with Crippen LogP contribution in [0.25, 0.3) is 0 Å². The molecule has 3 rings (SSSR count). The summed E-state index contributed by atoms with van der Waals surface area (Å²) in [6, 6.07) is 18.5. The van der Waals surface area contributed by atoms with Gasteiger partial charge in [-0.05, 0) is 36.6 Å². The molecule has 0 unspecified atom stereocenters. The molecule has 128 valence electrons. The van der Waals surface area contributed by atoms with Gasteiger partial charge in [-0.1, -0.05) is 42.5 Å². The van der Waals surface area contributed by atoms with Gasteiger partial charge in [-0.2, -0.15) is 0 Å². The van der Waals surface area contributed by atoms with Crippen molar-refractivity contribution in [2.45, 2.75) is 26.4 Å². The van der Waals surface area contributed by atoms with E-state index in [-0.39, 0.29) is 0 Å². The van der Waals surface area contributed by atoms with E-state index in [1.807, 2.05) is 43.5 Å². The topological polar surface area (TPSA) is 68.2 Å². The minimum absolute atomic E-state index is 0.392. The van der Waals surface area contributed by atoms with E-state index in [9.17, 15) is 0 Å². The molecule has 1 aromatic heterocycles. The summed E-state index contributed by atoms with van der Waals surface area (Å²) in [6.07, 6.45) is 4.75. The van der Waals surface area contributed by atoms with Crippen LogP contribution in [0.3, 0.4) is 0 Å². The summed E-state index contributed by atoms with van der Waals surface area (Å²) in [5.41, 5.74) is 9.41. The largest absolute Gasteiger partial charge is 0.370 e. The number of rotatable bonds is 6. The second-order valence-electron chi connectivity index (χ2n) is 5.97. The van der Waals surface area contributed by atoms with Gasteiger partial charge in [0.05, 0.1) is 0 Å². The Bertz CT molecular complexity index is 836. The molecule has 0 aliphatic heterocycles. The van der Waals surface area contributed by atoms with E-state index in [2.05, 4.69) is 44.1 Å². The maximum atomic E-state index is 5.99. The number of hydrogen-bond donors (Lipinski definition) is 2. The summed E-state index contributed by atoms with van der Waals surface area (Å²) in [5.74, 6) is 1.30. The zero-order valence-electron chi connectivity index (χ0n) is 14.4. The minimum Gasteiger partial charge on any atom is -0.370 e. The van der Waals surface area contributed by atoms with Gasteiger partial charge in [0, 0.05) is 24.6 Å². The van der Waals surface area contributed by atoms with Gasteiger partial charge in [0.15, 0.2) is 5.96 Å². The van der Waals surface area contributed by atoms with Gasteiger partial charge in [0.1, 0.15) is 12.4 Å². The fraction of sp³-hybridized carbons (Fsp3) is 0.200. The quantitative estimate of drug-likeness (QED) is 0.537. The van der Waals surface area contributed by atoms with Crippen molar-refractivity contribution in [2.24, 2.45) is 10.7 Å². The number of aromatic nitrogens is 2. The molecule has 0 aliphatic rings. The predicted molar refractivity (Wildman–Crippen MR) is 103 cm³/mol. The van der Waals surface area contributed by atoms with E-state index >= 15 is 0 Å². The van der Waals surface area contributed by atoms with Crippen molar-refractivity contribution in [2.75, 3.05) is 5.32 Å². The first kappa shape index (κ1) is 16.8. The smallest absolute Gasteiger partial charge is 0.193 e. The molecule has 5 nitrogen and oxygen atoms in total. The molecule has 3 N–H and O–H groups in total. The summed E-state index contributed by atoms with van der Waals surface area (Å²) in [4.78, 5) is 8.80. The van der Waals surface area contributed by atoms with Crippen LogP contribution in [0.15, 0.2) is 72.0 Å². The van der Waals surface area contributed by atoms with Crippen LogP contribution in [0.4, 0.5) is 5.69 Å². The lowest BCUT2D eigenvalue weighted by Crippen LogP contribution is -2.23. The number of aryl methyl sites for hydroxylation is 3. The van der Waals surface area contributed by atoms with Crippen molar-refractivity contribution in [3.63, 3.8) is 0 Å². The molecule has 0 spiro atoms. The molecule has 0 aliphatic carbocycles. The van der Waals surface area contributed by atoms with Crippen molar-refractivity contribution >= 4 is 11.6 Å². The number of hydrogen-bond acceptors (Lipinski definition) is 2. The van der Waals surface area contributed by atoms with Gasteiger partial charge in [0.2, 0.25) is 0 Å². The maximum absolute atomic E-state index is 5.99. The van der Waals surface area contributed by atoms with Gasteiger partial charge in [-0.3, -0.25) is 0 Å². The van der Waals surface area contributed by atoms with E-state index in [4.69, 9.17) is 5.73 Å². The Morgan fingerprint density at radius 1 is 1.16 bits per heavy atom. The van der Waals surface area contributed by atoms with Crippen LogP contribution in [-0.4, -0.2) is 15.5 Å². The predicted octanol–water partition coefficient (Wildman–Crippen LogP) is 3.36. The molecule has 0 radical (unpaired) electrons. The van der Waals surface area contributed by atoms with Crippen LogP contribution in [0.1, 0.15) is 17.0 Å². The lowest BCUT2D eigenvalue weighted by Gasteiger charge is -2.08. The highest BCUT2D eigenvalue weighted by atomic mass is 15.1. The molecule has 3 aromatic rings. The van der Waals surface area contributed by atoms with Crippen molar-refractivity contribution < 1.29 is 0 Å². The lowest BCUT2D eigenvalue weighted by atomic mass is 10.1. The van der Waals surface area contributed by atoms with Crippen LogP contribution >= 0.6 is 0 Å². The fourth-order valence-electron chi connectivity index (χ4n) is 2.66. The number of imidazole rings is 1. The zero-order valence-corrected chi connectivity index (χ0v) is 14.4. The Hall–Kier alpha value is -3.08. The average Bonchev–Trinajstić information content (AvgIpc) is 3.06. The van der Waals surface area contributed by atoms with E-state index in [1.54, 1.807) is 6.20 Å². The van der Waals surface area contributed by atoms with E-state index < -0.39 is 0 Å². The molecular weight excluding hydrogens is 310 g/mol. The molecule has 25 heavy (non-hydrogen) atoms. The Morgan fingerprint density at radius 3 is 2.80 bits per heavy atom. The first-order chi connectivity index (χ1) is 12.2. The molecule has 0 fully saturated rings. The van der Waals surface area contributed by atoms with Gasteiger partial charge < -0.3 is 15.6 Å². The highest BCUT2D eigenvalue weighted by Crippen LogP contribution is 2.09. The highest BCUT2D eigenvalue weighted by Gasteiger charge is 2.03. The number of guanidine groups is 1. The monoisotopic (exact) mass is 333 g/mol. The lowest BCUT2D eigenvalue weighted by molar-refractivity contribution is 0.652. The molecule has 0 amide bonds. The summed E-state index contributed by atoms with van der Waals surface area (Å²) in [5, 5.41) is 3.11. The molecule has 0 saturated carbocycles. The highest BCUT2D eigenvalue weighted by molar-refractivity contribution is 5.92. The van der Waals surface area contributed by atoms with Crippen LogP contribution < -0.4 is 11.1 Å². The van der Waals surface area contributed by atoms with Gasteiger partial charge in [-0.25, -0.2) is 9.98 Å². The van der Waals surface area contributed by atoms with E-state index in [1.165, 1.54) is 11.1 Å². The number of aliphatic imine (C=N–C) groups is 1. The summed E-state index contributed by atoms with van der Waals surface area (Å²) in [6.45, 7) is 3.37. The number of benzene rings is 2. The van der Waals surface area contributed by atoms with Crippen molar-refractivity contribution in [3.05, 3.63) is 83.9 Å². The van der Waals surface area contributed by atoms with Crippen LogP contribution in [0.2, 0.25) is 0 Å². The molecule has 5 heteroatoms. The Balaban J connectivity index is 1.58. The van der Waals surface area contributed by atoms with Gasteiger partial charge in [-0.15, -0.1) is 0 Å². The minimum atomic E-state index is 0.392. The fourth-order valence-corrected chi connectivity index (χ4v) is 2.66. The molecule has 1 heterocycles. The third-order valence-corrected chi connectivity index (χ3v) is 3.97. The second kappa shape index (κ2) is 8.15. The van der Waals surface area contributed by atoms with E-state index in [0.717, 1.165) is 24.5 Å². The number of nitrogens with two attached hydrogens (primary N) is 1. The molecular formula is C20H23N5. The number of anilines is 1. The molecule has 0 saturated heterocycles. The molecule has 0 bridgehead atoms. The van der Waals surface area contributed by atoms with Crippen LogP contribution in [0, 0.1) is 6.92 Å². The Morgan fingerprint density at radius 2 is 2.00 bits per heavy atom. The zero-order chi connectivity index (χ0) is 17.5. The molecule has 2 aromatic carbocycles. The standard InChI is InChI=1S/C20H23N5/c1-16-6-5-9-18(14-16)24-20(21)23-15-19-22-11-13-25(19)12-10-17-7-3-2-4-8-17/h2-9,11,13-14H,10,12,15H2,1H3,(H3,21,23,24). The summed E-state index contributed by atoms with van der Waals surface area (Å²) in [7, 11) is 0. The van der Waals surface area contributed by atoms with Gasteiger partial charge in [0.25, 0.3) is 0 Å².